The van der Waals surface area contributed by atoms with Crippen LogP contribution in [0.25, 0.3) is 11.1 Å². The van der Waals surface area contributed by atoms with E-state index < -0.39 is 0 Å². The van der Waals surface area contributed by atoms with Gasteiger partial charge in [-0.05, 0) is 47.7 Å². The average molecular weight is 253 g/mol. The van der Waals surface area contributed by atoms with Gasteiger partial charge in [0.25, 0.3) is 0 Å². The Bertz CT molecular complexity index is 679. The van der Waals surface area contributed by atoms with Crippen LogP contribution in [-0.4, -0.2) is 16.8 Å². The largest absolute Gasteiger partial charge is 0.504 e. The molecular formula is C16H15NO2. The van der Waals surface area contributed by atoms with Crippen LogP contribution in [0.3, 0.4) is 0 Å². The monoisotopic (exact) mass is 253 g/mol. The van der Waals surface area contributed by atoms with Gasteiger partial charge in [-0.1, -0.05) is 24.3 Å². The lowest BCUT2D eigenvalue weighted by atomic mass is 9.77. The molecule has 19 heavy (non-hydrogen) atoms. The van der Waals surface area contributed by atoms with Crippen molar-refractivity contribution in [3.63, 3.8) is 0 Å². The van der Waals surface area contributed by atoms with E-state index in [0.29, 0.717) is 6.04 Å². The molecule has 1 aliphatic carbocycles. The predicted octanol–water partition coefficient (Wildman–Crippen LogP) is 2.51. The average Bonchev–Trinajstić information content (AvgIpc) is 2.43. The number of phenolic OH excluding ortho intramolecular Hbond substituents is 2. The maximum atomic E-state index is 10.2. The Morgan fingerprint density at radius 2 is 1.95 bits per heavy atom. The van der Waals surface area contributed by atoms with Crippen LogP contribution in [0.5, 0.6) is 11.5 Å². The molecule has 0 radical (unpaired) electrons. The number of nitrogens with one attached hydrogen (secondary N) is 1. The first-order valence-corrected chi connectivity index (χ1v) is 6.65. The quantitative estimate of drug-likeness (QED) is 0.632. The number of hydrogen-bond acceptors (Lipinski definition) is 3. The molecule has 2 aromatic carbocycles. The first-order chi connectivity index (χ1) is 9.25. The van der Waals surface area contributed by atoms with E-state index in [-0.39, 0.29) is 11.5 Å². The molecule has 0 amide bonds. The van der Waals surface area contributed by atoms with Crippen LogP contribution in [0, 0.1) is 0 Å². The van der Waals surface area contributed by atoms with Crippen molar-refractivity contribution in [3.8, 4) is 22.6 Å². The molecular weight excluding hydrogens is 238 g/mol. The van der Waals surface area contributed by atoms with Crippen LogP contribution < -0.4 is 5.32 Å². The van der Waals surface area contributed by atoms with Crippen molar-refractivity contribution in [2.45, 2.75) is 18.9 Å². The molecule has 0 spiro atoms. The molecule has 1 aliphatic heterocycles. The molecule has 3 nitrogen and oxygen atoms in total. The number of hydrogen-bond donors (Lipinski definition) is 3. The Morgan fingerprint density at radius 1 is 1.05 bits per heavy atom. The molecule has 2 aliphatic rings. The van der Waals surface area contributed by atoms with Crippen LogP contribution in [-0.2, 0) is 12.8 Å². The Kier molecular flexibility index (Phi) is 2.15. The van der Waals surface area contributed by atoms with Gasteiger partial charge >= 0.3 is 0 Å². The Labute approximate surface area is 111 Å². The van der Waals surface area contributed by atoms with Gasteiger partial charge < -0.3 is 15.5 Å². The highest BCUT2D eigenvalue weighted by Gasteiger charge is 2.31. The number of phenols is 2. The molecule has 4 rings (SSSR count). The molecule has 3 heteroatoms. The summed E-state index contributed by atoms with van der Waals surface area (Å²) < 4.78 is 0. The van der Waals surface area contributed by atoms with E-state index >= 15 is 0 Å². The van der Waals surface area contributed by atoms with Crippen molar-refractivity contribution in [1.82, 2.24) is 5.32 Å². The van der Waals surface area contributed by atoms with Gasteiger partial charge in [0.05, 0.1) is 0 Å². The lowest BCUT2D eigenvalue weighted by Crippen LogP contribution is -2.33. The van der Waals surface area contributed by atoms with Gasteiger partial charge in [-0.25, -0.2) is 0 Å². The van der Waals surface area contributed by atoms with E-state index in [1.54, 1.807) is 6.07 Å². The summed E-state index contributed by atoms with van der Waals surface area (Å²) >= 11 is 0. The zero-order valence-corrected chi connectivity index (χ0v) is 10.5. The molecule has 0 fully saturated rings. The van der Waals surface area contributed by atoms with Crippen molar-refractivity contribution in [2.24, 2.45) is 0 Å². The topological polar surface area (TPSA) is 52.5 Å². The van der Waals surface area contributed by atoms with Crippen LogP contribution in [0.2, 0.25) is 0 Å². The fraction of sp³-hybridized carbons (Fsp3) is 0.250. The van der Waals surface area contributed by atoms with Crippen molar-refractivity contribution < 1.29 is 10.2 Å². The van der Waals surface area contributed by atoms with Crippen LogP contribution in [0.15, 0.2) is 30.3 Å². The number of rotatable bonds is 0. The van der Waals surface area contributed by atoms with Gasteiger partial charge in [0.15, 0.2) is 11.5 Å². The molecule has 1 atom stereocenters. The Morgan fingerprint density at radius 3 is 2.84 bits per heavy atom. The fourth-order valence-electron chi connectivity index (χ4n) is 3.43. The standard InChI is InChI=1S/C16H15NO2/c18-13-5-4-10-8-12-14-9(6-7-17-12)2-1-3-11(14)15(10)16(13)19/h1-5,12,17-19H,6-8H2/t12-/m1/s1. The smallest absolute Gasteiger partial charge is 0.165 e. The zero-order valence-electron chi connectivity index (χ0n) is 10.5. The number of fused-ring (bicyclic) bond motifs is 2. The van der Waals surface area contributed by atoms with E-state index in [4.69, 9.17) is 0 Å². The SMILES string of the molecule is Oc1ccc2c(c1O)-c1cccc3c1[C@@H](C2)NCC3. The van der Waals surface area contributed by atoms with E-state index in [2.05, 4.69) is 11.4 Å². The highest BCUT2D eigenvalue weighted by molar-refractivity contribution is 5.82. The van der Waals surface area contributed by atoms with Gasteiger partial charge in [-0.2, -0.15) is 0 Å². The molecule has 0 bridgehead atoms. The lowest BCUT2D eigenvalue weighted by molar-refractivity contribution is 0.403. The minimum atomic E-state index is -0.0430. The van der Waals surface area contributed by atoms with Crippen molar-refractivity contribution >= 4 is 0 Å². The van der Waals surface area contributed by atoms with Gasteiger partial charge in [-0.3, -0.25) is 0 Å². The fourth-order valence-corrected chi connectivity index (χ4v) is 3.43. The van der Waals surface area contributed by atoms with E-state index in [0.717, 1.165) is 36.1 Å². The predicted molar refractivity (Wildman–Crippen MR) is 73.4 cm³/mol. The van der Waals surface area contributed by atoms with Gasteiger partial charge in [0, 0.05) is 11.6 Å². The van der Waals surface area contributed by atoms with E-state index in [9.17, 15) is 10.2 Å². The Balaban J connectivity index is 2.06. The van der Waals surface area contributed by atoms with Crippen molar-refractivity contribution in [3.05, 3.63) is 47.0 Å². The molecule has 0 aromatic heterocycles. The third-order valence-electron chi connectivity index (χ3n) is 4.27. The summed E-state index contributed by atoms with van der Waals surface area (Å²) in [7, 11) is 0. The molecule has 0 saturated heterocycles. The van der Waals surface area contributed by atoms with E-state index in [1.807, 2.05) is 18.2 Å². The third-order valence-corrected chi connectivity index (χ3v) is 4.27. The summed E-state index contributed by atoms with van der Waals surface area (Å²) in [6.07, 6.45) is 1.89. The Hall–Kier alpha value is -2.00. The summed E-state index contributed by atoms with van der Waals surface area (Å²) in [6.45, 7) is 1.00. The maximum Gasteiger partial charge on any atom is 0.165 e. The number of aromatic hydroxyl groups is 2. The molecule has 0 unspecified atom stereocenters. The van der Waals surface area contributed by atoms with Crippen molar-refractivity contribution in [1.29, 1.82) is 0 Å². The second kappa shape index (κ2) is 3.75. The molecule has 2 aromatic rings. The zero-order chi connectivity index (χ0) is 13.0. The normalized spacial score (nSPS) is 19.7. The highest BCUT2D eigenvalue weighted by atomic mass is 16.3. The number of benzene rings is 2. The molecule has 3 N–H and O–H groups in total. The molecule has 1 heterocycles. The minimum Gasteiger partial charge on any atom is -0.504 e. The second-order valence-electron chi connectivity index (χ2n) is 5.31. The van der Waals surface area contributed by atoms with E-state index in [1.165, 1.54) is 11.1 Å². The molecule has 96 valence electrons. The summed E-state index contributed by atoms with van der Waals surface area (Å²) in [5, 5.41) is 23.5. The summed E-state index contributed by atoms with van der Waals surface area (Å²) in [5.74, 6) is -0.0338. The summed E-state index contributed by atoms with van der Waals surface area (Å²) in [4.78, 5) is 0. The first-order valence-electron chi connectivity index (χ1n) is 6.65. The molecule has 0 saturated carbocycles. The van der Waals surface area contributed by atoms with Crippen LogP contribution in [0.1, 0.15) is 22.7 Å². The van der Waals surface area contributed by atoms with Gasteiger partial charge in [0.1, 0.15) is 0 Å². The second-order valence-corrected chi connectivity index (χ2v) is 5.31. The summed E-state index contributed by atoms with van der Waals surface area (Å²) in [5.41, 5.74) is 5.61. The van der Waals surface area contributed by atoms with Crippen molar-refractivity contribution in [2.75, 3.05) is 6.54 Å². The first kappa shape index (κ1) is 10.9. The highest BCUT2D eigenvalue weighted by Crippen LogP contribution is 2.48. The van der Waals surface area contributed by atoms with Crippen LogP contribution in [0.4, 0.5) is 0 Å². The van der Waals surface area contributed by atoms with Gasteiger partial charge in [0.2, 0.25) is 0 Å². The third kappa shape index (κ3) is 1.42. The van der Waals surface area contributed by atoms with Gasteiger partial charge in [-0.15, -0.1) is 0 Å². The van der Waals surface area contributed by atoms with Crippen LogP contribution >= 0.6 is 0 Å². The summed E-state index contributed by atoms with van der Waals surface area (Å²) in [6, 6.07) is 10.1. The minimum absolute atomic E-state index is 0.00919. The maximum absolute atomic E-state index is 10.2. The lowest BCUT2D eigenvalue weighted by Gasteiger charge is -2.34.